The largest absolute Gasteiger partial charge is 0.299 e. The lowest BCUT2D eigenvalue weighted by Gasteiger charge is -2.19. The maximum absolute atomic E-state index is 11.6. The Morgan fingerprint density at radius 1 is 1.07 bits per heavy atom. The average molecular weight is 198 g/mol. The first-order valence-electron chi connectivity index (χ1n) is 5.22. The number of rotatable bonds is 4. The highest BCUT2D eigenvalue weighted by atomic mass is 16.1. The summed E-state index contributed by atoms with van der Waals surface area (Å²) >= 11 is 0. The maximum atomic E-state index is 11.6. The summed E-state index contributed by atoms with van der Waals surface area (Å²) in [5, 5.41) is 0. The maximum Gasteiger partial charge on any atom is 0.145 e. The summed E-state index contributed by atoms with van der Waals surface area (Å²) in [5.74, 6) is 0.409. The average Bonchev–Trinajstić information content (AvgIpc) is 2.00. The minimum atomic E-state index is -0.396. The van der Waals surface area contributed by atoms with Crippen molar-refractivity contribution in [2.75, 3.05) is 0 Å². The van der Waals surface area contributed by atoms with Crippen LogP contribution in [0.5, 0.6) is 0 Å². The van der Waals surface area contributed by atoms with Crippen molar-refractivity contribution in [3.8, 4) is 0 Å². The Morgan fingerprint density at radius 2 is 1.50 bits per heavy atom. The number of hydrogen-bond donors (Lipinski definition) is 0. The normalized spacial score (nSPS) is 14.2. The number of ketones is 2. The summed E-state index contributed by atoms with van der Waals surface area (Å²) in [6.45, 7) is 11.4. The molecule has 0 heterocycles. The van der Waals surface area contributed by atoms with Crippen molar-refractivity contribution in [3.63, 3.8) is 0 Å². The van der Waals surface area contributed by atoms with E-state index in [9.17, 15) is 9.59 Å². The smallest absolute Gasteiger partial charge is 0.145 e. The standard InChI is InChI=1S/C12H22O2/c1-8(2)9(3)10(13)7-11(14)12(4,5)6/h8-9H,7H2,1-6H3. The van der Waals surface area contributed by atoms with Gasteiger partial charge in [-0.1, -0.05) is 41.5 Å². The molecular weight excluding hydrogens is 176 g/mol. The van der Waals surface area contributed by atoms with Crippen LogP contribution in [0.1, 0.15) is 48.0 Å². The third-order valence-electron chi connectivity index (χ3n) is 2.68. The van der Waals surface area contributed by atoms with Crippen LogP contribution in [0.2, 0.25) is 0 Å². The third-order valence-corrected chi connectivity index (χ3v) is 2.68. The zero-order valence-electron chi connectivity index (χ0n) is 10.2. The summed E-state index contributed by atoms with van der Waals surface area (Å²) in [7, 11) is 0. The van der Waals surface area contributed by atoms with E-state index in [2.05, 4.69) is 0 Å². The monoisotopic (exact) mass is 198 g/mol. The lowest BCUT2D eigenvalue weighted by atomic mass is 9.84. The van der Waals surface area contributed by atoms with Crippen LogP contribution < -0.4 is 0 Å². The number of Topliss-reactive ketones (excluding diaryl/α,β-unsaturated/α-hetero) is 2. The van der Waals surface area contributed by atoms with Gasteiger partial charge in [-0.2, -0.15) is 0 Å². The molecule has 0 rings (SSSR count). The molecule has 0 spiro atoms. The van der Waals surface area contributed by atoms with Gasteiger partial charge in [-0.3, -0.25) is 9.59 Å². The summed E-state index contributed by atoms with van der Waals surface area (Å²) < 4.78 is 0. The Hall–Kier alpha value is -0.660. The zero-order chi connectivity index (χ0) is 11.5. The van der Waals surface area contributed by atoms with Crippen LogP contribution in [0, 0.1) is 17.3 Å². The second-order valence-corrected chi connectivity index (χ2v) is 5.35. The number of hydrogen-bond acceptors (Lipinski definition) is 2. The van der Waals surface area contributed by atoms with Gasteiger partial charge in [0.1, 0.15) is 11.6 Å². The number of carbonyl (C=O) groups excluding carboxylic acids is 2. The molecule has 0 aliphatic carbocycles. The van der Waals surface area contributed by atoms with Crippen LogP contribution >= 0.6 is 0 Å². The van der Waals surface area contributed by atoms with E-state index in [-0.39, 0.29) is 23.9 Å². The molecule has 0 aliphatic rings. The molecule has 0 aromatic heterocycles. The van der Waals surface area contributed by atoms with Crippen molar-refractivity contribution < 1.29 is 9.59 Å². The van der Waals surface area contributed by atoms with E-state index < -0.39 is 5.41 Å². The SMILES string of the molecule is CC(C)C(C)C(=O)CC(=O)C(C)(C)C. The Kier molecular flexibility index (Phi) is 4.50. The quantitative estimate of drug-likeness (QED) is 0.651. The summed E-state index contributed by atoms with van der Waals surface area (Å²) in [6.07, 6.45) is 0.0862. The van der Waals surface area contributed by atoms with Gasteiger partial charge in [0.25, 0.3) is 0 Å². The molecule has 0 saturated heterocycles. The molecule has 2 heteroatoms. The lowest BCUT2D eigenvalue weighted by molar-refractivity contribution is -0.133. The summed E-state index contributed by atoms with van der Waals surface area (Å²) in [4.78, 5) is 23.2. The molecule has 1 unspecified atom stereocenters. The predicted octanol–water partition coefficient (Wildman–Crippen LogP) is 2.85. The summed E-state index contributed by atoms with van der Waals surface area (Å²) in [5.41, 5.74) is -0.396. The molecule has 0 bridgehead atoms. The van der Waals surface area contributed by atoms with Crippen molar-refractivity contribution in [3.05, 3.63) is 0 Å². The fourth-order valence-corrected chi connectivity index (χ4v) is 0.956. The molecule has 0 fully saturated rings. The molecule has 0 saturated carbocycles. The molecule has 0 amide bonds. The van der Waals surface area contributed by atoms with Gasteiger partial charge >= 0.3 is 0 Å². The predicted molar refractivity (Wildman–Crippen MR) is 58.1 cm³/mol. The number of carbonyl (C=O) groups is 2. The van der Waals surface area contributed by atoms with Gasteiger partial charge in [0, 0.05) is 11.3 Å². The van der Waals surface area contributed by atoms with Gasteiger partial charge in [0.15, 0.2) is 0 Å². The first-order chi connectivity index (χ1) is 6.16. The van der Waals surface area contributed by atoms with Crippen molar-refractivity contribution >= 4 is 11.6 Å². The summed E-state index contributed by atoms with van der Waals surface area (Å²) in [6, 6.07) is 0. The van der Waals surface area contributed by atoms with Crippen LogP contribution in [-0.4, -0.2) is 11.6 Å². The van der Waals surface area contributed by atoms with E-state index in [0.717, 1.165) is 0 Å². The van der Waals surface area contributed by atoms with Gasteiger partial charge in [0.2, 0.25) is 0 Å². The topological polar surface area (TPSA) is 34.1 Å². The zero-order valence-corrected chi connectivity index (χ0v) is 10.2. The van der Waals surface area contributed by atoms with E-state index in [0.29, 0.717) is 5.92 Å². The molecule has 14 heavy (non-hydrogen) atoms. The van der Waals surface area contributed by atoms with Gasteiger partial charge in [-0.05, 0) is 5.92 Å². The van der Waals surface area contributed by atoms with Crippen molar-refractivity contribution in [1.82, 2.24) is 0 Å². The molecule has 0 N–H and O–H groups in total. The molecule has 2 nitrogen and oxygen atoms in total. The highest BCUT2D eigenvalue weighted by molar-refractivity contribution is 6.02. The van der Waals surface area contributed by atoms with Crippen LogP contribution in [0.25, 0.3) is 0 Å². The molecule has 1 atom stereocenters. The van der Waals surface area contributed by atoms with Gasteiger partial charge in [-0.25, -0.2) is 0 Å². The first-order valence-corrected chi connectivity index (χ1v) is 5.22. The van der Waals surface area contributed by atoms with E-state index in [1.54, 1.807) is 0 Å². The Morgan fingerprint density at radius 3 is 1.79 bits per heavy atom. The minimum Gasteiger partial charge on any atom is -0.299 e. The van der Waals surface area contributed by atoms with Gasteiger partial charge < -0.3 is 0 Å². The minimum absolute atomic E-state index is 0.0127. The second-order valence-electron chi connectivity index (χ2n) is 5.35. The van der Waals surface area contributed by atoms with E-state index >= 15 is 0 Å². The molecule has 0 aromatic carbocycles. The lowest BCUT2D eigenvalue weighted by Crippen LogP contribution is -2.27. The third kappa shape index (κ3) is 4.03. The first kappa shape index (κ1) is 13.3. The Balaban J connectivity index is 4.28. The molecule has 0 aromatic rings. The fourth-order valence-electron chi connectivity index (χ4n) is 0.956. The van der Waals surface area contributed by atoms with Crippen molar-refractivity contribution in [2.45, 2.75) is 48.0 Å². The van der Waals surface area contributed by atoms with Crippen LogP contribution in [0.15, 0.2) is 0 Å². The van der Waals surface area contributed by atoms with Crippen molar-refractivity contribution in [1.29, 1.82) is 0 Å². The van der Waals surface area contributed by atoms with E-state index in [4.69, 9.17) is 0 Å². The molecule has 82 valence electrons. The Bertz CT molecular complexity index is 221. The molecular formula is C12H22O2. The van der Waals surface area contributed by atoms with Crippen LogP contribution in [0.4, 0.5) is 0 Å². The second kappa shape index (κ2) is 4.72. The van der Waals surface area contributed by atoms with E-state index in [1.807, 2.05) is 41.5 Å². The van der Waals surface area contributed by atoms with Crippen molar-refractivity contribution in [2.24, 2.45) is 17.3 Å². The Labute approximate surface area is 87.1 Å². The highest BCUT2D eigenvalue weighted by Crippen LogP contribution is 2.20. The van der Waals surface area contributed by atoms with Crippen LogP contribution in [-0.2, 0) is 9.59 Å². The fraction of sp³-hybridized carbons (Fsp3) is 0.833. The van der Waals surface area contributed by atoms with Gasteiger partial charge in [-0.15, -0.1) is 0 Å². The molecule has 0 aliphatic heterocycles. The van der Waals surface area contributed by atoms with E-state index in [1.165, 1.54) is 0 Å². The highest BCUT2D eigenvalue weighted by Gasteiger charge is 2.26. The van der Waals surface area contributed by atoms with Gasteiger partial charge in [0.05, 0.1) is 6.42 Å². The molecule has 0 radical (unpaired) electrons. The van der Waals surface area contributed by atoms with Crippen LogP contribution in [0.3, 0.4) is 0 Å².